The Hall–Kier alpha value is -1.91. The maximum Gasteiger partial charge on any atom is 0.272 e. The predicted octanol–water partition coefficient (Wildman–Crippen LogP) is 2.27. The lowest BCUT2D eigenvalue weighted by atomic mass is 10.1. The van der Waals surface area contributed by atoms with Crippen LogP contribution >= 0.6 is 0 Å². The molecule has 0 unspecified atom stereocenters. The molecule has 0 N–H and O–H groups in total. The van der Waals surface area contributed by atoms with E-state index in [1.54, 1.807) is 26.0 Å². The van der Waals surface area contributed by atoms with Gasteiger partial charge in [-0.1, -0.05) is 17.3 Å². The van der Waals surface area contributed by atoms with E-state index in [1.165, 1.54) is 13.2 Å². The van der Waals surface area contributed by atoms with E-state index in [-0.39, 0.29) is 5.69 Å². The summed E-state index contributed by atoms with van der Waals surface area (Å²) in [5.41, 5.74) is 2.03. The second-order valence-electron chi connectivity index (χ2n) is 3.12. The van der Waals surface area contributed by atoms with Gasteiger partial charge in [0, 0.05) is 17.2 Å². The standard InChI is InChI=1S/C10H12N2O3/c1-7-4-5-9(8(2)11-15-3)6-10(7)12(13)14/h4-6H,1-3H3/b11-8+. The number of hydrogen-bond acceptors (Lipinski definition) is 4. The summed E-state index contributed by atoms with van der Waals surface area (Å²) in [4.78, 5) is 14.9. The first-order chi connectivity index (χ1) is 7.06. The van der Waals surface area contributed by atoms with Gasteiger partial charge in [-0.25, -0.2) is 0 Å². The highest BCUT2D eigenvalue weighted by molar-refractivity contribution is 5.98. The van der Waals surface area contributed by atoms with Gasteiger partial charge in [-0.05, 0) is 13.8 Å². The lowest BCUT2D eigenvalue weighted by Gasteiger charge is -2.01. The van der Waals surface area contributed by atoms with Crippen molar-refractivity contribution in [2.24, 2.45) is 5.16 Å². The SMILES string of the molecule is CO/N=C(\C)c1ccc(C)c([N+](=O)[O-])c1. The van der Waals surface area contributed by atoms with Crippen molar-refractivity contribution < 1.29 is 9.76 Å². The third kappa shape index (κ3) is 2.52. The van der Waals surface area contributed by atoms with Gasteiger partial charge >= 0.3 is 0 Å². The summed E-state index contributed by atoms with van der Waals surface area (Å²) in [6.45, 7) is 3.43. The fourth-order valence-electron chi connectivity index (χ4n) is 1.22. The van der Waals surface area contributed by atoms with Crippen molar-refractivity contribution >= 4 is 11.4 Å². The first-order valence-corrected chi connectivity index (χ1v) is 4.39. The predicted molar refractivity (Wildman–Crippen MR) is 57.1 cm³/mol. The number of nitro groups is 1. The number of nitrogens with zero attached hydrogens (tertiary/aromatic N) is 2. The third-order valence-electron chi connectivity index (χ3n) is 2.05. The van der Waals surface area contributed by atoms with Crippen LogP contribution in [0.1, 0.15) is 18.1 Å². The van der Waals surface area contributed by atoms with Crippen LogP contribution in [0, 0.1) is 17.0 Å². The van der Waals surface area contributed by atoms with Gasteiger partial charge in [-0.3, -0.25) is 10.1 Å². The molecule has 0 aliphatic heterocycles. The average molecular weight is 208 g/mol. The normalized spacial score (nSPS) is 11.3. The molecule has 0 saturated carbocycles. The fraction of sp³-hybridized carbons (Fsp3) is 0.300. The number of benzene rings is 1. The molecule has 5 heteroatoms. The largest absolute Gasteiger partial charge is 0.399 e. The minimum absolute atomic E-state index is 0.0955. The summed E-state index contributed by atoms with van der Waals surface area (Å²) in [5.74, 6) is 0. The van der Waals surface area contributed by atoms with Gasteiger partial charge in [0.1, 0.15) is 7.11 Å². The molecule has 0 aromatic heterocycles. The second kappa shape index (κ2) is 4.54. The van der Waals surface area contributed by atoms with Gasteiger partial charge in [-0.2, -0.15) is 0 Å². The zero-order chi connectivity index (χ0) is 11.4. The molecule has 0 amide bonds. The van der Waals surface area contributed by atoms with E-state index in [0.29, 0.717) is 16.8 Å². The fourth-order valence-corrected chi connectivity index (χ4v) is 1.22. The molecule has 1 rings (SSSR count). The molecule has 15 heavy (non-hydrogen) atoms. The Bertz CT molecular complexity index is 413. The molecule has 0 heterocycles. The first-order valence-electron chi connectivity index (χ1n) is 4.39. The van der Waals surface area contributed by atoms with Gasteiger partial charge < -0.3 is 4.84 Å². The molecular formula is C10H12N2O3. The van der Waals surface area contributed by atoms with Crippen LogP contribution in [0.2, 0.25) is 0 Å². The van der Waals surface area contributed by atoms with E-state index in [0.717, 1.165) is 0 Å². The van der Waals surface area contributed by atoms with Crippen LogP contribution in [-0.2, 0) is 4.84 Å². The van der Waals surface area contributed by atoms with Crippen LogP contribution in [0.3, 0.4) is 0 Å². The van der Waals surface area contributed by atoms with E-state index in [4.69, 9.17) is 0 Å². The summed E-state index contributed by atoms with van der Waals surface area (Å²) >= 11 is 0. The Morgan fingerprint density at radius 2 is 2.20 bits per heavy atom. The molecule has 0 spiro atoms. The Morgan fingerprint density at radius 1 is 1.53 bits per heavy atom. The molecule has 1 aromatic rings. The smallest absolute Gasteiger partial charge is 0.272 e. The molecule has 0 atom stereocenters. The van der Waals surface area contributed by atoms with Crippen molar-refractivity contribution in [3.05, 3.63) is 39.4 Å². The topological polar surface area (TPSA) is 64.7 Å². The minimum Gasteiger partial charge on any atom is -0.399 e. The van der Waals surface area contributed by atoms with E-state index in [2.05, 4.69) is 9.99 Å². The number of rotatable bonds is 3. The minimum atomic E-state index is -0.404. The maximum atomic E-state index is 10.7. The summed E-state index contributed by atoms with van der Waals surface area (Å²) < 4.78 is 0. The van der Waals surface area contributed by atoms with Crippen molar-refractivity contribution in [2.45, 2.75) is 13.8 Å². The summed E-state index contributed by atoms with van der Waals surface area (Å²) in [7, 11) is 1.44. The second-order valence-corrected chi connectivity index (χ2v) is 3.12. The van der Waals surface area contributed by atoms with Crippen LogP contribution in [0.5, 0.6) is 0 Å². The molecule has 0 bridgehead atoms. The van der Waals surface area contributed by atoms with Crippen molar-refractivity contribution in [3.63, 3.8) is 0 Å². The zero-order valence-electron chi connectivity index (χ0n) is 8.85. The summed E-state index contributed by atoms with van der Waals surface area (Å²) in [5, 5.41) is 14.4. The molecule has 0 aliphatic rings. The monoisotopic (exact) mass is 208 g/mol. The highest BCUT2D eigenvalue weighted by Crippen LogP contribution is 2.19. The highest BCUT2D eigenvalue weighted by Gasteiger charge is 2.12. The molecular weight excluding hydrogens is 196 g/mol. The van der Waals surface area contributed by atoms with Crippen molar-refractivity contribution in [1.82, 2.24) is 0 Å². The van der Waals surface area contributed by atoms with Crippen molar-refractivity contribution in [2.75, 3.05) is 7.11 Å². The van der Waals surface area contributed by atoms with Crippen molar-refractivity contribution in [1.29, 1.82) is 0 Å². The summed E-state index contributed by atoms with van der Waals surface area (Å²) in [6.07, 6.45) is 0. The van der Waals surface area contributed by atoms with E-state index >= 15 is 0 Å². The molecule has 0 aliphatic carbocycles. The molecule has 80 valence electrons. The van der Waals surface area contributed by atoms with Gasteiger partial charge in [0.05, 0.1) is 10.6 Å². The molecule has 0 radical (unpaired) electrons. The molecule has 0 saturated heterocycles. The van der Waals surface area contributed by atoms with Crippen LogP contribution in [0.4, 0.5) is 5.69 Å². The Kier molecular flexibility index (Phi) is 3.38. The van der Waals surface area contributed by atoms with Gasteiger partial charge in [0.15, 0.2) is 0 Å². The third-order valence-corrected chi connectivity index (χ3v) is 2.05. The van der Waals surface area contributed by atoms with E-state index in [1.807, 2.05) is 0 Å². The number of aryl methyl sites for hydroxylation is 1. The number of oxime groups is 1. The maximum absolute atomic E-state index is 10.7. The van der Waals surface area contributed by atoms with E-state index < -0.39 is 4.92 Å². The number of nitro benzene ring substituents is 1. The quantitative estimate of drug-likeness (QED) is 0.434. The van der Waals surface area contributed by atoms with Crippen LogP contribution in [0.15, 0.2) is 23.4 Å². The van der Waals surface area contributed by atoms with Crippen LogP contribution < -0.4 is 0 Å². The average Bonchev–Trinajstić information content (AvgIpc) is 2.18. The van der Waals surface area contributed by atoms with Crippen LogP contribution in [-0.4, -0.2) is 17.7 Å². The van der Waals surface area contributed by atoms with Crippen molar-refractivity contribution in [3.8, 4) is 0 Å². The lowest BCUT2D eigenvalue weighted by Crippen LogP contribution is -1.99. The molecule has 1 aromatic carbocycles. The molecule has 5 nitrogen and oxygen atoms in total. The highest BCUT2D eigenvalue weighted by atomic mass is 16.6. The first kappa shape index (κ1) is 11.2. The Labute approximate surface area is 87.5 Å². The van der Waals surface area contributed by atoms with Gasteiger partial charge in [0.25, 0.3) is 5.69 Å². The lowest BCUT2D eigenvalue weighted by molar-refractivity contribution is -0.385. The zero-order valence-corrected chi connectivity index (χ0v) is 8.85. The summed E-state index contributed by atoms with van der Waals surface area (Å²) in [6, 6.07) is 4.97. The van der Waals surface area contributed by atoms with Gasteiger partial charge in [0.2, 0.25) is 0 Å². The van der Waals surface area contributed by atoms with E-state index in [9.17, 15) is 10.1 Å². The Balaban J connectivity index is 3.19. The molecule has 0 fully saturated rings. The van der Waals surface area contributed by atoms with Gasteiger partial charge in [-0.15, -0.1) is 0 Å². The van der Waals surface area contributed by atoms with Crippen LogP contribution in [0.25, 0.3) is 0 Å². The number of hydrogen-bond donors (Lipinski definition) is 0. The Morgan fingerprint density at radius 3 is 2.73 bits per heavy atom.